The van der Waals surface area contributed by atoms with E-state index in [2.05, 4.69) is 25.7 Å². The summed E-state index contributed by atoms with van der Waals surface area (Å²) in [6, 6.07) is 0. The summed E-state index contributed by atoms with van der Waals surface area (Å²) in [6.45, 7) is 8.07. The van der Waals surface area contributed by atoms with Crippen LogP contribution in [0.3, 0.4) is 0 Å². The summed E-state index contributed by atoms with van der Waals surface area (Å²) in [7, 11) is 0. The third-order valence-electron chi connectivity index (χ3n) is 2.04. The average molecular weight is 159 g/mol. The molecule has 0 saturated carbocycles. The average Bonchev–Trinajstić information content (AvgIpc) is 2.32. The Morgan fingerprint density at radius 2 is 2.18 bits per heavy atom. The van der Waals surface area contributed by atoms with Gasteiger partial charge in [-0.3, -0.25) is 4.90 Å². The molecule has 0 radical (unpaired) electrons. The molecule has 1 N–H and O–H groups in total. The largest absolute Gasteiger partial charge is 0.394 e. The molecule has 0 aromatic carbocycles. The van der Waals surface area contributed by atoms with Crippen molar-refractivity contribution < 1.29 is 9.84 Å². The first-order chi connectivity index (χ1) is 5.04. The van der Waals surface area contributed by atoms with Crippen LogP contribution < -0.4 is 0 Å². The first-order valence-corrected chi connectivity index (χ1v) is 4.01. The Labute approximate surface area is 68.0 Å². The summed E-state index contributed by atoms with van der Waals surface area (Å²) >= 11 is 0. The van der Waals surface area contributed by atoms with Crippen molar-refractivity contribution in [1.82, 2.24) is 4.90 Å². The number of aliphatic hydroxyl groups excluding tert-OH is 1. The Bertz CT molecular complexity index is 131. The van der Waals surface area contributed by atoms with Gasteiger partial charge in [-0.25, -0.2) is 0 Å². The summed E-state index contributed by atoms with van der Waals surface area (Å²) < 4.78 is 5.32. The molecule has 0 bridgehead atoms. The number of rotatable bonds is 1. The standard InChI is InChI=1S/C8H17NO2/c1-8(2,3)9-4-7(5-10)11-6-9/h7,10H,4-6H2,1-3H3. The van der Waals surface area contributed by atoms with Gasteiger partial charge in [0.25, 0.3) is 0 Å². The second kappa shape index (κ2) is 3.09. The van der Waals surface area contributed by atoms with Crippen molar-refractivity contribution in [3.8, 4) is 0 Å². The summed E-state index contributed by atoms with van der Waals surface area (Å²) in [5, 5.41) is 8.80. The molecule has 1 atom stereocenters. The van der Waals surface area contributed by atoms with Crippen molar-refractivity contribution in [2.75, 3.05) is 19.9 Å². The van der Waals surface area contributed by atoms with Crippen LogP contribution in [0.4, 0.5) is 0 Å². The van der Waals surface area contributed by atoms with E-state index in [1.807, 2.05) is 0 Å². The van der Waals surface area contributed by atoms with Gasteiger partial charge in [0, 0.05) is 12.1 Å². The smallest absolute Gasteiger partial charge is 0.100 e. The number of aliphatic hydroxyl groups is 1. The van der Waals surface area contributed by atoms with Crippen LogP contribution in [0, 0.1) is 0 Å². The SMILES string of the molecule is CC(C)(C)N1COC(CO)C1. The number of hydrogen-bond donors (Lipinski definition) is 1. The van der Waals surface area contributed by atoms with Gasteiger partial charge in [0.2, 0.25) is 0 Å². The second-order valence-electron chi connectivity index (χ2n) is 3.99. The quantitative estimate of drug-likeness (QED) is 0.602. The van der Waals surface area contributed by atoms with Crippen LogP contribution in [0.2, 0.25) is 0 Å². The van der Waals surface area contributed by atoms with Crippen LogP contribution in [-0.4, -0.2) is 41.5 Å². The van der Waals surface area contributed by atoms with E-state index in [-0.39, 0.29) is 18.2 Å². The summed E-state index contributed by atoms with van der Waals surface area (Å²) in [6.07, 6.45) is 0.0224. The van der Waals surface area contributed by atoms with Gasteiger partial charge in [0.15, 0.2) is 0 Å². The van der Waals surface area contributed by atoms with E-state index in [1.165, 1.54) is 0 Å². The lowest BCUT2D eigenvalue weighted by Gasteiger charge is -2.29. The number of nitrogens with zero attached hydrogens (tertiary/aromatic N) is 1. The Kier molecular flexibility index (Phi) is 2.52. The van der Waals surface area contributed by atoms with Crippen LogP contribution in [0.1, 0.15) is 20.8 Å². The summed E-state index contributed by atoms with van der Waals surface area (Å²) in [5.41, 5.74) is 0.157. The Morgan fingerprint density at radius 1 is 1.55 bits per heavy atom. The third kappa shape index (κ3) is 2.15. The third-order valence-corrected chi connectivity index (χ3v) is 2.04. The van der Waals surface area contributed by atoms with Crippen LogP contribution >= 0.6 is 0 Å². The normalized spacial score (nSPS) is 27.8. The molecule has 0 aromatic rings. The molecule has 1 aliphatic rings. The first kappa shape index (κ1) is 8.97. The van der Waals surface area contributed by atoms with E-state index < -0.39 is 0 Å². The summed E-state index contributed by atoms with van der Waals surface area (Å²) in [5.74, 6) is 0. The molecule has 1 aliphatic heterocycles. The fourth-order valence-electron chi connectivity index (χ4n) is 1.12. The Morgan fingerprint density at radius 3 is 2.45 bits per heavy atom. The van der Waals surface area contributed by atoms with Crippen molar-refractivity contribution in [3.63, 3.8) is 0 Å². The van der Waals surface area contributed by atoms with Gasteiger partial charge < -0.3 is 9.84 Å². The molecule has 0 amide bonds. The van der Waals surface area contributed by atoms with E-state index in [0.29, 0.717) is 6.73 Å². The molecule has 11 heavy (non-hydrogen) atoms. The molecule has 1 unspecified atom stereocenters. The van der Waals surface area contributed by atoms with Crippen LogP contribution in [0.15, 0.2) is 0 Å². The fraction of sp³-hybridized carbons (Fsp3) is 1.00. The van der Waals surface area contributed by atoms with Crippen molar-refractivity contribution >= 4 is 0 Å². The Balaban J connectivity index is 2.42. The molecule has 3 nitrogen and oxygen atoms in total. The van der Waals surface area contributed by atoms with Gasteiger partial charge in [-0.05, 0) is 20.8 Å². The molecule has 0 aromatic heterocycles. The predicted molar refractivity (Wildman–Crippen MR) is 43.3 cm³/mol. The molecule has 0 aliphatic carbocycles. The minimum atomic E-state index is 0.0224. The highest BCUT2D eigenvalue weighted by molar-refractivity contribution is 4.80. The highest BCUT2D eigenvalue weighted by atomic mass is 16.5. The molecular weight excluding hydrogens is 142 g/mol. The zero-order chi connectivity index (χ0) is 8.48. The topological polar surface area (TPSA) is 32.7 Å². The maximum atomic E-state index is 8.80. The van der Waals surface area contributed by atoms with Crippen LogP contribution in [-0.2, 0) is 4.74 Å². The monoisotopic (exact) mass is 159 g/mol. The second-order valence-corrected chi connectivity index (χ2v) is 3.99. The molecule has 1 heterocycles. The van der Waals surface area contributed by atoms with Gasteiger partial charge in [0.05, 0.1) is 12.7 Å². The highest BCUT2D eigenvalue weighted by Gasteiger charge is 2.30. The Hall–Kier alpha value is -0.120. The lowest BCUT2D eigenvalue weighted by atomic mass is 10.1. The maximum Gasteiger partial charge on any atom is 0.100 e. The van der Waals surface area contributed by atoms with E-state index >= 15 is 0 Å². The predicted octanol–water partition coefficient (Wildman–Crippen LogP) is 0.435. The lowest BCUT2D eigenvalue weighted by Crippen LogP contribution is -2.40. The highest BCUT2D eigenvalue weighted by Crippen LogP contribution is 2.19. The lowest BCUT2D eigenvalue weighted by molar-refractivity contribution is 0.0382. The molecule has 3 heteroatoms. The van der Waals surface area contributed by atoms with Crippen molar-refractivity contribution in [2.24, 2.45) is 0 Å². The van der Waals surface area contributed by atoms with Gasteiger partial charge in [-0.15, -0.1) is 0 Å². The zero-order valence-corrected chi connectivity index (χ0v) is 7.50. The number of ether oxygens (including phenoxy) is 1. The minimum absolute atomic E-state index is 0.0224. The van der Waals surface area contributed by atoms with Gasteiger partial charge >= 0.3 is 0 Å². The summed E-state index contributed by atoms with van der Waals surface area (Å²) in [4.78, 5) is 2.22. The first-order valence-electron chi connectivity index (χ1n) is 4.01. The van der Waals surface area contributed by atoms with Gasteiger partial charge in [-0.2, -0.15) is 0 Å². The minimum Gasteiger partial charge on any atom is -0.394 e. The molecule has 1 fully saturated rings. The van der Waals surface area contributed by atoms with Crippen LogP contribution in [0.25, 0.3) is 0 Å². The zero-order valence-electron chi connectivity index (χ0n) is 7.50. The van der Waals surface area contributed by atoms with E-state index in [4.69, 9.17) is 9.84 Å². The van der Waals surface area contributed by atoms with E-state index in [1.54, 1.807) is 0 Å². The molecular formula is C8H17NO2. The van der Waals surface area contributed by atoms with E-state index in [0.717, 1.165) is 6.54 Å². The maximum absolute atomic E-state index is 8.80. The fourth-order valence-corrected chi connectivity index (χ4v) is 1.12. The molecule has 0 spiro atoms. The van der Waals surface area contributed by atoms with Crippen LogP contribution in [0.5, 0.6) is 0 Å². The number of hydrogen-bond acceptors (Lipinski definition) is 3. The van der Waals surface area contributed by atoms with E-state index in [9.17, 15) is 0 Å². The molecule has 1 rings (SSSR count). The van der Waals surface area contributed by atoms with Gasteiger partial charge in [0.1, 0.15) is 6.73 Å². The molecule has 66 valence electrons. The molecule has 1 saturated heterocycles. The van der Waals surface area contributed by atoms with Gasteiger partial charge in [-0.1, -0.05) is 0 Å². The van der Waals surface area contributed by atoms with Crippen molar-refractivity contribution in [1.29, 1.82) is 0 Å². The van der Waals surface area contributed by atoms with Crippen molar-refractivity contribution in [3.05, 3.63) is 0 Å². The van der Waals surface area contributed by atoms with Crippen molar-refractivity contribution in [2.45, 2.75) is 32.4 Å².